The SMILES string of the molecule is O=C([O-])C1CCCCC1C(=O)Nc1nc(-c2ccc(-c3ccccc3)cc2)cs1. The van der Waals surface area contributed by atoms with Crippen molar-refractivity contribution in [2.45, 2.75) is 25.7 Å². The lowest BCUT2D eigenvalue weighted by Crippen LogP contribution is -2.42. The molecule has 1 N–H and O–H groups in total. The zero-order valence-electron chi connectivity index (χ0n) is 15.8. The number of benzene rings is 2. The fraction of sp³-hybridized carbons (Fsp3) is 0.261. The quantitative estimate of drug-likeness (QED) is 0.696. The minimum absolute atomic E-state index is 0.278. The Kier molecular flexibility index (Phi) is 5.71. The maximum Gasteiger partial charge on any atom is 0.229 e. The van der Waals surface area contributed by atoms with Gasteiger partial charge in [0.25, 0.3) is 0 Å². The molecular weight excluding hydrogens is 384 g/mol. The molecule has 0 saturated heterocycles. The predicted molar refractivity (Wildman–Crippen MR) is 112 cm³/mol. The minimum Gasteiger partial charge on any atom is -0.550 e. The fourth-order valence-corrected chi connectivity index (χ4v) is 4.58. The van der Waals surface area contributed by atoms with Gasteiger partial charge in [-0.1, -0.05) is 67.4 Å². The van der Waals surface area contributed by atoms with Gasteiger partial charge in [-0.25, -0.2) is 4.98 Å². The Morgan fingerprint density at radius 2 is 1.52 bits per heavy atom. The summed E-state index contributed by atoms with van der Waals surface area (Å²) in [7, 11) is 0. The second kappa shape index (κ2) is 8.57. The number of carboxylic acids is 1. The molecule has 0 radical (unpaired) electrons. The molecule has 0 spiro atoms. The van der Waals surface area contributed by atoms with Gasteiger partial charge in [0.1, 0.15) is 0 Å². The van der Waals surface area contributed by atoms with Crippen LogP contribution in [-0.4, -0.2) is 16.9 Å². The van der Waals surface area contributed by atoms with Crippen LogP contribution >= 0.6 is 11.3 Å². The van der Waals surface area contributed by atoms with Crippen LogP contribution in [0, 0.1) is 11.8 Å². The van der Waals surface area contributed by atoms with Crippen molar-refractivity contribution in [2.24, 2.45) is 11.8 Å². The molecular formula is C23H21N2O3S-. The summed E-state index contributed by atoms with van der Waals surface area (Å²) >= 11 is 1.34. The predicted octanol–water partition coefficient (Wildman–Crippen LogP) is 3.97. The number of hydrogen-bond acceptors (Lipinski definition) is 5. The van der Waals surface area contributed by atoms with E-state index in [1.165, 1.54) is 11.3 Å². The first-order chi connectivity index (χ1) is 14.1. The van der Waals surface area contributed by atoms with Crippen LogP contribution in [0.4, 0.5) is 5.13 Å². The third-order valence-corrected chi connectivity index (χ3v) is 6.19. The van der Waals surface area contributed by atoms with Crippen molar-refractivity contribution in [1.29, 1.82) is 0 Å². The Bertz CT molecular complexity index is 998. The average molecular weight is 405 g/mol. The van der Waals surface area contributed by atoms with Gasteiger partial charge in [-0.2, -0.15) is 0 Å². The molecule has 6 heteroatoms. The summed E-state index contributed by atoms with van der Waals surface area (Å²) in [5, 5.41) is 16.5. The topological polar surface area (TPSA) is 82.1 Å². The number of carbonyl (C=O) groups is 2. The lowest BCUT2D eigenvalue weighted by atomic mass is 9.79. The van der Waals surface area contributed by atoms with Crippen LogP contribution in [0.1, 0.15) is 25.7 Å². The molecule has 2 atom stereocenters. The smallest absolute Gasteiger partial charge is 0.229 e. The Morgan fingerprint density at radius 1 is 0.897 bits per heavy atom. The van der Waals surface area contributed by atoms with Gasteiger partial charge in [-0.15, -0.1) is 11.3 Å². The van der Waals surface area contributed by atoms with Crippen LogP contribution < -0.4 is 10.4 Å². The Hall–Kier alpha value is -2.99. The van der Waals surface area contributed by atoms with E-state index in [-0.39, 0.29) is 5.91 Å². The van der Waals surface area contributed by atoms with Gasteiger partial charge in [0, 0.05) is 28.7 Å². The summed E-state index contributed by atoms with van der Waals surface area (Å²) < 4.78 is 0. The van der Waals surface area contributed by atoms with E-state index in [0.29, 0.717) is 18.0 Å². The summed E-state index contributed by atoms with van der Waals surface area (Å²) in [5.74, 6) is -2.68. The molecule has 3 aromatic rings. The van der Waals surface area contributed by atoms with Gasteiger partial charge in [0.15, 0.2) is 5.13 Å². The van der Waals surface area contributed by atoms with Crippen molar-refractivity contribution < 1.29 is 14.7 Å². The molecule has 5 nitrogen and oxygen atoms in total. The molecule has 1 aromatic heterocycles. The van der Waals surface area contributed by atoms with Gasteiger partial charge in [-0.3, -0.25) is 4.79 Å². The minimum atomic E-state index is -1.14. The number of hydrogen-bond donors (Lipinski definition) is 1. The number of amides is 1. The van der Waals surface area contributed by atoms with E-state index in [9.17, 15) is 14.7 Å². The maximum atomic E-state index is 12.6. The average Bonchev–Trinajstić information content (AvgIpc) is 3.23. The van der Waals surface area contributed by atoms with Gasteiger partial charge >= 0.3 is 0 Å². The molecule has 1 fully saturated rings. The van der Waals surface area contributed by atoms with Gasteiger partial charge in [-0.05, 0) is 24.0 Å². The van der Waals surface area contributed by atoms with Crippen LogP contribution in [0.25, 0.3) is 22.4 Å². The largest absolute Gasteiger partial charge is 0.550 e. The van der Waals surface area contributed by atoms with Crippen LogP contribution in [0.5, 0.6) is 0 Å². The molecule has 1 aliphatic carbocycles. The summed E-state index contributed by atoms with van der Waals surface area (Å²) in [6.45, 7) is 0. The van der Waals surface area contributed by atoms with Crippen molar-refractivity contribution in [1.82, 2.24) is 4.98 Å². The molecule has 1 amide bonds. The molecule has 29 heavy (non-hydrogen) atoms. The van der Waals surface area contributed by atoms with Crippen LogP contribution in [0.3, 0.4) is 0 Å². The van der Waals surface area contributed by atoms with E-state index in [1.54, 1.807) is 0 Å². The van der Waals surface area contributed by atoms with Crippen molar-refractivity contribution in [2.75, 3.05) is 5.32 Å². The van der Waals surface area contributed by atoms with Gasteiger partial charge in [0.05, 0.1) is 5.69 Å². The van der Waals surface area contributed by atoms with Gasteiger partial charge < -0.3 is 15.2 Å². The summed E-state index contributed by atoms with van der Waals surface area (Å²) in [6, 6.07) is 18.3. The Morgan fingerprint density at radius 3 is 2.21 bits per heavy atom. The lowest BCUT2D eigenvalue weighted by molar-refractivity contribution is -0.313. The second-order valence-electron chi connectivity index (χ2n) is 7.29. The number of carbonyl (C=O) groups excluding carboxylic acids is 2. The monoisotopic (exact) mass is 405 g/mol. The third-order valence-electron chi connectivity index (χ3n) is 5.43. The van der Waals surface area contributed by atoms with E-state index < -0.39 is 17.8 Å². The number of nitrogens with zero attached hydrogens (tertiary/aromatic N) is 1. The molecule has 2 aromatic carbocycles. The third kappa shape index (κ3) is 4.38. The molecule has 1 heterocycles. The number of carboxylic acid groups (broad SMARTS) is 1. The highest BCUT2D eigenvalue weighted by Gasteiger charge is 2.32. The highest BCUT2D eigenvalue weighted by molar-refractivity contribution is 7.14. The maximum absolute atomic E-state index is 12.6. The number of rotatable bonds is 5. The summed E-state index contributed by atoms with van der Waals surface area (Å²) in [5.41, 5.74) is 4.03. The Labute approximate surface area is 173 Å². The van der Waals surface area contributed by atoms with Crippen LogP contribution in [0.2, 0.25) is 0 Å². The zero-order valence-corrected chi connectivity index (χ0v) is 16.7. The normalized spacial score (nSPS) is 18.9. The summed E-state index contributed by atoms with van der Waals surface area (Å²) in [4.78, 5) is 28.4. The van der Waals surface area contributed by atoms with E-state index in [1.807, 2.05) is 35.7 Å². The lowest BCUT2D eigenvalue weighted by Gasteiger charge is -2.30. The number of thiazole rings is 1. The molecule has 1 saturated carbocycles. The van der Waals surface area contributed by atoms with E-state index in [2.05, 4.69) is 34.6 Å². The van der Waals surface area contributed by atoms with Gasteiger partial charge in [0.2, 0.25) is 5.91 Å². The highest BCUT2D eigenvalue weighted by atomic mass is 32.1. The van der Waals surface area contributed by atoms with Crippen molar-refractivity contribution in [3.63, 3.8) is 0 Å². The second-order valence-corrected chi connectivity index (χ2v) is 8.15. The first-order valence-corrected chi connectivity index (χ1v) is 10.6. The molecule has 1 aliphatic rings. The molecule has 0 aliphatic heterocycles. The van der Waals surface area contributed by atoms with Crippen LogP contribution in [-0.2, 0) is 9.59 Å². The van der Waals surface area contributed by atoms with Crippen molar-refractivity contribution in [3.8, 4) is 22.4 Å². The fourth-order valence-electron chi connectivity index (χ4n) is 3.85. The van der Waals surface area contributed by atoms with E-state index >= 15 is 0 Å². The van der Waals surface area contributed by atoms with Crippen LogP contribution in [0.15, 0.2) is 60.0 Å². The molecule has 148 valence electrons. The first-order valence-electron chi connectivity index (χ1n) is 9.75. The number of anilines is 1. The number of aromatic nitrogens is 1. The highest BCUT2D eigenvalue weighted by Crippen LogP contribution is 2.32. The molecule has 2 unspecified atom stereocenters. The van der Waals surface area contributed by atoms with Crippen molar-refractivity contribution in [3.05, 3.63) is 60.0 Å². The number of nitrogens with one attached hydrogen (secondary N) is 1. The van der Waals surface area contributed by atoms with E-state index in [0.717, 1.165) is 35.2 Å². The molecule has 0 bridgehead atoms. The Balaban J connectivity index is 1.45. The molecule has 4 rings (SSSR count). The summed E-state index contributed by atoms with van der Waals surface area (Å²) in [6.07, 6.45) is 2.75. The van der Waals surface area contributed by atoms with E-state index in [4.69, 9.17) is 0 Å². The zero-order chi connectivity index (χ0) is 20.2. The first kappa shape index (κ1) is 19.3. The van der Waals surface area contributed by atoms with Crippen molar-refractivity contribution >= 4 is 28.3 Å². The standard InChI is InChI=1S/C23H22N2O3S/c26-21(18-8-4-5-9-19(18)22(27)28)25-23-24-20(14-29-23)17-12-10-16(11-13-17)15-6-2-1-3-7-15/h1-3,6-7,10-14,18-19H,4-5,8-9H2,(H,27,28)(H,24,25,26)/p-1. The number of aliphatic carboxylic acids is 1.